The lowest BCUT2D eigenvalue weighted by molar-refractivity contribution is -0.140. The highest BCUT2D eigenvalue weighted by atomic mass is 19.4. The SMILES string of the molecule is C=CCCCN(C)C(=O)c1cccc(C(F)(F)F)c1F. The predicted molar refractivity (Wildman–Crippen MR) is 67.8 cm³/mol. The summed E-state index contributed by atoms with van der Waals surface area (Å²) in [5.41, 5.74) is -2.00. The van der Waals surface area contributed by atoms with Crippen molar-refractivity contribution in [2.24, 2.45) is 0 Å². The molecule has 20 heavy (non-hydrogen) atoms. The molecule has 0 heterocycles. The number of carbonyl (C=O) groups is 1. The van der Waals surface area contributed by atoms with E-state index in [9.17, 15) is 22.4 Å². The Morgan fingerprint density at radius 3 is 2.60 bits per heavy atom. The van der Waals surface area contributed by atoms with Gasteiger partial charge >= 0.3 is 6.18 Å². The van der Waals surface area contributed by atoms with Crippen LogP contribution in [0.25, 0.3) is 0 Å². The summed E-state index contributed by atoms with van der Waals surface area (Å²) >= 11 is 0. The second-order valence-electron chi connectivity index (χ2n) is 4.32. The van der Waals surface area contributed by atoms with Gasteiger partial charge in [-0.1, -0.05) is 12.1 Å². The quantitative estimate of drug-likeness (QED) is 0.457. The number of allylic oxidation sites excluding steroid dienone is 1. The number of alkyl halides is 3. The van der Waals surface area contributed by atoms with Gasteiger partial charge in [0.05, 0.1) is 11.1 Å². The third-order valence-corrected chi connectivity index (χ3v) is 2.78. The molecule has 0 fully saturated rings. The first-order chi connectivity index (χ1) is 9.29. The van der Waals surface area contributed by atoms with E-state index in [0.29, 0.717) is 25.5 Å². The molecule has 110 valence electrons. The van der Waals surface area contributed by atoms with Crippen molar-refractivity contribution in [3.63, 3.8) is 0 Å². The van der Waals surface area contributed by atoms with Gasteiger partial charge in [0.15, 0.2) is 0 Å². The van der Waals surface area contributed by atoms with E-state index in [-0.39, 0.29) is 0 Å². The molecule has 0 saturated carbocycles. The van der Waals surface area contributed by atoms with Crippen LogP contribution in [-0.4, -0.2) is 24.4 Å². The minimum Gasteiger partial charge on any atom is -0.342 e. The molecule has 1 aromatic carbocycles. The number of nitrogens with zero attached hydrogens (tertiary/aromatic N) is 1. The highest BCUT2D eigenvalue weighted by Crippen LogP contribution is 2.32. The lowest BCUT2D eigenvalue weighted by Gasteiger charge is -2.18. The molecule has 0 aliphatic rings. The lowest BCUT2D eigenvalue weighted by atomic mass is 10.1. The summed E-state index contributed by atoms with van der Waals surface area (Å²) in [5, 5.41) is 0. The molecule has 0 bridgehead atoms. The molecule has 2 nitrogen and oxygen atoms in total. The summed E-state index contributed by atoms with van der Waals surface area (Å²) in [6.07, 6.45) is -1.86. The van der Waals surface area contributed by atoms with Crippen LogP contribution >= 0.6 is 0 Å². The molecule has 6 heteroatoms. The Hall–Kier alpha value is -1.85. The van der Waals surface area contributed by atoms with Gasteiger partial charge < -0.3 is 4.90 Å². The van der Waals surface area contributed by atoms with Crippen molar-refractivity contribution in [2.45, 2.75) is 19.0 Å². The molecule has 0 aliphatic carbocycles. The molecular weight excluding hydrogens is 274 g/mol. The lowest BCUT2D eigenvalue weighted by Crippen LogP contribution is -2.29. The first-order valence-electron chi connectivity index (χ1n) is 6.01. The molecule has 0 saturated heterocycles. The van der Waals surface area contributed by atoms with Gasteiger partial charge in [-0.05, 0) is 25.0 Å². The normalized spacial score (nSPS) is 11.2. The first kappa shape index (κ1) is 16.2. The van der Waals surface area contributed by atoms with Gasteiger partial charge in [-0.25, -0.2) is 4.39 Å². The van der Waals surface area contributed by atoms with Crippen LogP contribution < -0.4 is 0 Å². The molecule has 0 radical (unpaired) electrons. The second-order valence-corrected chi connectivity index (χ2v) is 4.32. The van der Waals surface area contributed by atoms with Crippen molar-refractivity contribution < 1.29 is 22.4 Å². The highest BCUT2D eigenvalue weighted by molar-refractivity contribution is 5.94. The molecule has 0 N–H and O–H groups in total. The van der Waals surface area contributed by atoms with Gasteiger partial charge in [-0.2, -0.15) is 13.2 Å². The Morgan fingerprint density at radius 2 is 2.05 bits per heavy atom. The highest BCUT2D eigenvalue weighted by Gasteiger charge is 2.35. The van der Waals surface area contributed by atoms with Crippen LogP contribution in [0.2, 0.25) is 0 Å². The number of rotatable bonds is 5. The fourth-order valence-corrected chi connectivity index (χ4v) is 1.70. The maximum atomic E-state index is 13.8. The zero-order chi connectivity index (χ0) is 15.3. The number of hydrogen-bond acceptors (Lipinski definition) is 1. The molecule has 0 aliphatic heterocycles. The number of carbonyl (C=O) groups excluding carboxylic acids is 1. The number of halogens is 4. The molecule has 1 amide bonds. The van der Waals surface area contributed by atoms with Crippen molar-refractivity contribution in [3.05, 3.63) is 47.8 Å². The van der Waals surface area contributed by atoms with Gasteiger partial charge in [0.2, 0.25) is 0 Å². The van der Waals surface area contributed by atoms with Crippen LogP contribution in [0.4, 0.5) is 17.6 Å². The van der Waals surface area contributed by atoms with Crippen LogP contribution in [0, 0.1) is 5.82 Å². The maximum absolute atomic E-state index is 13.8. The van der Waals surface area contributed by atoms with Crippen molar-refractivity contribution in [2.75, 3.05) is 13.6 Å². The van der Waals surface area contributed by atoms with Gasteiger partial charge in [0.1, 0.15) is 5.82 Å². The Kier molecular flexibility index (Phi) is 5.30. The van der Waals surface area contributed by atoms with E-state index >= 15 is 0 Å². The number of amides is 1. The largest absolute Gasteiger partial charge is 0.419 e. The van der Waals surface area contributed by atoms with Crippen molar-refractivity contribution in [3.8, 4) is 0 Å². The number of benzene rings is 1. The summed E-state index contributed by atoms with van der Waals surface area (Å²) in [6.45, 7) is 3.84. The summed E-state index contributed by atoms with van der Waals surface area (Å²) in [6, 6.07) is 2.69. The van der Waals surface area contributed by atoms with Crippen LogP contribution in [0.3, 0.4) is 0 Å². The Bertz CT molecular complexity index is 496. The Balaban J connectivity index is 2.96. The first-order valence-corrected chi connectivity index (χ1v) is 6.01. The van der Waals surface area contributed by atoms with E-state index in [0.717, 1.165) is 12.1 Å². The topological polar surface area (TPSA) is 20.3 Å². The van der Waals surface area contributed by atoms with E-state index in [4.69, 9.17) is 0 Å². The van der Waals surface area contributed by atoms with E-state index in [1.165, 1.54) is 11.9 Å². The van der Waals surface area contributed by atoms with E-state index in [1.54, 1.807) is 6.08 Å². The smallest absolute Gasteiger partial charge is 0.342 e. The Morgan fingerprint density at radius 1 is 1.40 bits per heavy atom. The molecule has 0 unspecified atom stereocenters. The van der Waals surface area contributed by atoms with Crippen LogP contribution in [0.1, 0.15) is 28.8 Å². The van der Waals surface area contributed by atoms with Crippen molar-refractivity contribution in [1.82, 2.24) is 4.90 Å². The minimum absolute atomic E-state index is 0.320. The van der Waals surface area contributed by atoms with Crippen LogP contribution in [0.15, 0.2) is 30.9 Å². The number of hydrogen-bond donors (Lipinski definition) is 0. The monoisotopic (exact) mass is 289 g/mol. The summed E-state index contributed by atoms with van der Waals surface area (Å²) in [7, 11) is 1.42. The van der Waals surface area contributed by atoms with E-state index < -0.39 is 29.0 Å². The molecular formula is C14H15F4NO. The molecule has 1 aromatic rings. The molecule has 0 aromatic heterocycles. The average molecular weight is 289 g/mol. The standard InChI is InChI=1S/C14H15F4NO/c1-3-4-5-9-19(2)13(20)10-7-6-8-11(12(10)15)14(16,17)18/h3,6-8H,1,4-5,9H2,2H3. The third-order valence-electron chi connectivity index (χ3n) is 2.78. The number of unbranched alkanes of at least 4 members (excludes halogenated alkanes) is 1. The average Bonchev–Trinajstić information content (AvgIpc) is 2.37. The zero-order valence-corrected chi connectivity index (χ0v) is 11.0. The summed E-state index contributed by atoms with van der Waals surface area (Å²) in [5.74, 6) is -2.29. The van der Waals surface area contributed by atoms with Gasteiger partial charge in [0.25, 0.3) is 5.91 Å². The summed E-state index contributed by atoms with van der Waals surface area (Å²) < 4.78 is 51.5. The Labute approximate surface area is 114 Å². The predicted octanol–water partition coefficient (Wildman–Crippen LogP) is 3.88. The molecule has 0 atom stereocenters. The maximum Gasteiger partial charge on any atom is 0.419 e. The third kappa shape index (κ3) is 3.82. The molecule has 1 rings (SSSR count). The van der Waals surface area contributed by atoms with E-state index in [2.05, 4.69) is 6.58 Å². The fourth-order valence-electron chi connectivity index (χ4n) is 1.70. The van der Waals surface area contributed by atoms with Crippen LogP contribution in [-0.2, 0) is 6.18 Å². The second kappa shape index (κ2) is 6.54. The zero-order valence-electron chi connectivity index (χ0n) is 11.0. The molecule has 0 spiro atoms. The minimum atomic E-state index is -4.82. The van der Waals surface area contributed by atoms with Crippen LogP contribution in [0.5, 0.6) is 0 Å². The van der Waals surface area contributed by atoms with Crippen molar-refractivity contribution >= 4 is 5.91 Å². The summed E-state index contributed by atoms with van der Waals surface area (Å²) in [4.78, 5) is 13.1. The van der Waals surface area contributed by atoms with Gasteiger partial charge in [-0.3, -0.25) is 4.79 Å². The van der Waals surface area contributed by atoms with Gasteiger partial charge in [0, 0.05) is 13.6 Å². The van der Waals surface area contributed by atoms with Gasteiger partial charge in [-0.15, -0.1) is 6.58 Å². The van der Waals surface area contributed by atoms with E-state index in [1.807, 2.05) is 0 Å². The van der Waals surface area contributed by atoms with Crippen molar-refractivity contribution in [1.29, 1.82) is 0 Å². The fraction of sp³-hybridized carbons (Fsp3) is 0.357.